The third-order valence-corrected chi connectivity index (χ3v) is 4.46. The summed E-state index contributed by atoms with van der Waals surface area (Å²) in [6.45, 7) is 5.09. The van der Waals surface area contributed by atoms with Gasteiger partial charge in [0, 0.05) is 18.8 Å². The van der Waals surface area contributed by atoms with Crippen LogP contribution >= 0.6 is 0 Å². The number of amides is 1. The molecule has 1 aromatic heterocycles. The second-order valence-electron chi connectivity index (χ2n) is 6.49. The Bertz CT molecular complexity index is 639. The fraction of sp³-hybridized carbons (Fsp3) is 0.625. The summed E-state index contributed by atoms with van der Waals surface area (Å²) in [7, 11) is 0. The van der Waals surface area contributed by atoms with E-state index in [2.05, 4.69) is 0 Å². The van der Waals surface area contributed by atoms with Crippen molar-refractivity contribution in [2.75, 3.05) is 6.54 Å². The summed E-state index contributed by atoms with van der Waals surface area (Å²) in [4.78, 5) is 26.5. The zero-order chi connectivity index (χ0) is 17.4. The van der Waals surface area contributed by atoms with Crippen LogP contribution in [0, 0.1) is 11.8 Å². The molecule has 0 radical (unpaired) electrons. The van der Waals surface area contributed by atoms with E-state index in [0.717, 1.165) is 12.6 Å². The van der Waals surface area contributed by atoms with Crippen LogP contribution < -0.4 is 5.56 Å². The van der Waals surface area contributed by atoms with Crippen molar-refractivity contribution in [3.8, 4) is 0 Å². The normalized spacial score (nSPS) is 25.5. The number of nitrogens with zero attached hydrogens (tertiary/aromatic N) is 2. The van der Waals surface area contributed by atoms with Crippen molar-refractivity contribution >= 4 is 5.91 Å². The molecule has 0 N–H and O–H groups in total. The third-order valence-electron chi connectivity index (χ3n) is 4.46. The van der Waals surface area contributed by atoms with Crippen LogP contribution in [0.3, 0.4) is 0 Å². The fourth-order valence-electron chi connectivity index (χ4n) is 3.16. The van der Waals surface area contributed by atoms with Gasteiger partial charge in [-0.05, 0) is 37.3 Å². The molecule has 1 saturated heterocycles. The maximum absolute atomic E-state index is 12.7. The van der Waals surface area contributed by atoms with Crippen molar-refractivity contribution in [2.24, 2.45) is 11.8 Å². The molecule has 2 heterocycles. The van der Waals surface area contributed by atoms with Crippen LogP contribution in [0.15, 0.2) is 23.1 Å². The molecule has 1 aliphatic rings. The van der Waals surface area contributed by atoms with Gasteiger partial charge in [0.25, 0.3) is 11.5 Å². The summed E-state index contributed by atoms with van der Waals surface area (Å²) in [5.74, 6) is 0.0903. The number of hydrogen-bond donors (Lipinski definition) is 0. The number of alkyl halides is 3. The molecule has 7 heteroatoms. The first kappa shape index (κ1) is 17.6. The number of likely N-dealkylation sites (tertiary alicyclic amines) is 1. The van der Waals surface area contributed by atoms with E-state index >= 15 is 0 Å². The van der Waals surface area contributed by atoms with Gasteiger partial charge in [0.15, 0.2) is 0 Å². The van der Waals surface area contributed by atoms with Gasteiger partial charge in [-0.2, -0.15) is 13.2 Å². The van der Waals surface area contributed by atoms with E-state index in [-0.39, 0.29) is 17.5 Å². The van der Waals surface area contributed by atoms with Gasteiger partial charge in [-0.3, -0.25) is 9.59 Å². The van der Waals surface area contributed by atoms with E-state index in [1.54, 1.807) is 4.90 Å². The van der Waals surface area contributed by atoms with Gasteiger partial charge in [0.05, 0.1) is 0 Å². The van der Waals surface area contributed by atoms with Crippen LogP contribution in [0.25, 0.3) is 0 Å². The number of rotatable bonds is 2. The molecule has 1 amide bonds. The number of hydrogen-bond acceptors (Lipinski definition) is 2. The number of aromatic nitrogens is 1. The molecule has 0 aromatic carbocycles. The Balaban J connectivity index is 2.33. The van der Waals surface area contributed by atoms with Gasteiger partial charge < -0.3 is 9.47 Å². The lowest BCUT2D eigenvalue weighted by Gasteiger charge is -2.41. The Labute approximate surface area is 132 Å². The maximum Gasteiger partial charge on any atom is 0.406 e. The Hall–Kier alpha value is -1.79. The minimum Gasteiger partial charge on any atom is -0.335 e. The van der Waals surface area contributed by atoms with Crippen molar-refractivity contribution in [1.82, 2.24) is 9.47 Å². The van der Waals surface area contributed by atoms with E-state index in [1.807, 2.05) is 20.8 Å². The molecule has 2 rings (SSSR count). The maximum atomic E-state index is 12.7. The van der Waals surface area contributed by atoms with Crippen LogP contribution in [-0.4, -0.2) is 34.1 Å². The smallest absolute Gasteiger partial charge is 0.335 e. The Morgan fingerprint density at radius 1 is 1.30 bits per heavy atom. The first-order chi connectivity index (χ1) is 10.6. The number of pyridine rings is 1. The zero-order valence-corrected chi connectivity index (χ0v) is 13.4. The van der Waals surface area contributed by atoms with Crippen LogP contribution in [-0.2, 0) is 6.54 Å². The Morgan fingerprint density at radius 3 is 2.57 bits per heavy atom. The van der Waals surface area contributed by atoms with Crippen LogP contribution in [0.2, 0.25) is 0 Å². The van der Waals surface area contributed by atoms with Crippen molar-refractivity contribution in [1.29, 1.82) is 0 Å². The Morgan fingerprint density at radius 2 is 1.96 bits per heavy atom. The lowest BCUT2D eigenvalue weighted by atomic mass is 9.85. The quantitative estimate of drug-likeness (QED) is 0.837. The van der Waals surface area contributed by atoms with Crippen LogP contribution in [0.5, 0.6) is 0 Å². The summed E-state index contributed by atoms with van der Waals surface area (Å²) in [5.41, 5.74) is -1.10. The highest BCUT2D eigenvalue weighted by atomic mass is 19.4. The number of piperidine rings is 1. The molecule has 0 bridgehead atoms. The first-order valence-corrected chi connectivity index (χ1v) is 7.67. The van der Waals surface area contributed by atoms with Crippen molar-refractivity contribution in [2.45, 2.75) is 46.0 Å². The van der Waals surface area contributed by atoms with Gasteiger partial charge in [0.1, 0.15) is 12.1 Å². The van der Waals surface area contributed by atoms with Gasteiger partial charge >= 0.3 is 6.18 Å². The van der Waals surface area contributed by atoms with E-state index in [0.29, 0.717) is 17.0 Å². The van der Waals surface area contributed by atoms with E-state index < -0.39 is 24.2 Å². The second kappa shape index (κ2) is 6.37. The van der Waals surface area contributed by atoms with Gasteiger partial charge in [-0.1, -0.05) is 13.8 Å². The fourth-order valence-corrected chi connectivity index (χ4v) is 3.16. The molecule has 0 spiro atoms. The van der Waals surface area contributed by atoms with Crippen LogP contribution in [0.1, 0.15) is 37.6 Å². The largest absolute Gasteiger partial charge is 0.406 e. The van der Waals surface area contributed by atoms with Crippen LogP contribution in [0.4, 0.5) is 13.2 Å². The molecule has 0 aliphatic carbocycles. The first-order valence-electron chi connectivity index (χ1n) is 7.67. The van der Waals surface area contributed by atoms with Crippen molar-refractivity contribution < 1.29 is 18.0 Å². The average Bonchev–Trinajstić information content (AvgIpc) is 2.43. The van der Waals surface area contributed by atoms with E-state index in [9.17, 15) is 22.8 Å². The standard InChI is InChI=1S/C16H21F3N2O2/c1-10-7-11(2)12(3)21(8-10)15(23)13-5-4-6-20(14(13)22)9-16(17,18)19/h4-6,10-12H,7-9H2,1-3H3. The molecule has 3 atom stereocenters. The molecular formula is C16H21F3N2O2. The van der Waals surface area contributed by atoms with Crippen molar-refractivity contribution in [3.63, 3.8) is 0 Å². The van der Waals surface area contributed by atoms with E-state index in [4.69, 9.17) is 0 Å². The summed E-state index contributed by atoms with van der Waals surface area (Å²) in [5, 5.41) is 0. The topological polar surface area (TPSA) is 42.3 Å². The van der Waals surface area contributed by atoms with Gasteiger partial charge in [0.2, 0.25) is 0 Å². The lowest BCUT2D eigenvalue weighted by Crippen LogP contribution is -2.50. The lowest BCUT2D eigenvalue weighted by molar-refractivity contribution is -0.141. The summed E-state index contributed by atoms with van der Waals surface area (Å²) in [6, 6.07) is 2.56. The van der Waals surface area contributed by atoms with Gasteiger partial charge in [-0.25, -0.2) is 0 Å². The Kier molecular flexibility index (Phi) is 4.87. The molecule has 1 aromatic rings. The zero-order valence-electron chi connectivity index (χ0n) is 13.4. The average molecular weight is 330 g/mol. The summed E-state index contributed by atoms with van der Waals surface area (Å²) >= 11 is 0. The minimum absolute atomic E-state index is 0.0469. The molecule has 4 nitrogen and oxygen atoms in total. The highest BCUT2D eigenvalue weighted by Crippen LogP contribution is 2.27. The summed E-state index contributed by atoms with van der Waals surface area (Å²) in [6.07, 6.45) is -2.47. The summed E-state index contributed by atoms with van der Waals surface area (Å²) < 4.78 is 38.1. The number of carbonyl (C=O) groups is 1. The molecule has 23 heavy (non-hydrogen) atoms. The third kappa shape index (κ3) is 3.95. The highest BCUT2D eigenvalue weighted by Gasteiger charge is 2.34. The minimum atomic E-state index is -4.51. The monoisotopic (exact) mass is 330 g/mol. The molecule has 1 aliphatic heterocycles. The van der Waals surface area contributed by atoms with Gasteiger partial charge in [-0.15, -0.1) is 0 Å². The molecule has 128 valence electrons. The van der Waals surface area contributed by atoms with Crippen molar-refractivity contribution in [3.05, 3.63) is 34.2 Å². The number of halogens is 3. The molecule has 0 saturated carbocycles. The predicted octanol–water partition coefficient (Wildman–Crippen LogP) is 2.92. The molecule has 1 fully saturated rings. The highest BCUT2D eigenvalue weighted by molar-refractivity contribution is 5.94. The molecular weight excluding hydrogens is 309 g/mol. The van der Waals surface area contributed by atoms with E-state index in [1.165, 1.54) is 12.1 Å². The SMILES string of the molecule is CC1CC(C)C(C)N(C(=O)c2cccn(CC(F)(F)F)c2=O)C1. The molecule has 3 unspecified atom stereocenters. The number of carbonyl (C=O) groups excluding carboxylic acids is 1. The second-order valence-corrected chi connectivity index (χ2v) is 6.49. The predicted molar refractivity (Wildman–Crippen MR) is 80.2 cm³/mol.